The molecule has 4 rings (SSSR count). The standard InChI is InChI=1S/C24H27N3O2S/c1-17-10-11-22(30-17)24(29)27-14-12-26(13-15-27)16-23(28)25-18(2)20-9-5-7-19-6-3-4-8-21(19)20/h3-11,18H,12-16H2,1-2H3,(H,25,28). The van der Waals surface area contributed by atoms with E-state index in [0.717, 1.165) is 15.3 Å². The lowest BCUT2D eigenvalue weighted by Gasteiger charge is -2.34. The van der Waals surface area contributed by atoms with Crippen LogP contribution in [0.3, 0.4) is 0 Å². The second kappa shape index (κ2) is 8.98. The summed E-state index contributed by atoms with van der Waals surface area (Å²) in [6.07, 6.45) is 0. The van der Waals surface area contributed by atoms with Crippen LogP contribution in [0.5, 0.6) is 0 Å². The van der Waals surface area contributed by atoms with Crippen LogP contribution in [0.25, 0.3) is 10.8 Å². The quantitative estimate of drug-likeness (QED) is 0.681. The summed E-state index contributed by atoms with van der Waals surface area (Å²) in [4.78, 5) is 31.2. The van der Waals surface area contributed by atoms with Crippen molar-refractivity contribution < 1.29 is 9.59 Å². The van der Waals surface area contributed by atoms with Crippen LogP contribution < -0.4 is 5.32 Å². The summed E-state index contributed by atoms with van der Waals surface area (Å²) in [5, 5.41) is 5.49. The fourth-order valence-electron chi connectivity index (χ4n) is 4.01. The Morgan fingerprint density at radius 3 is 2.47 bits per heavy atom. The number of amides is 2. The van der Waals surface area contributed by atoms with Crippen molar-refractivity contribution >= 4 is 33.9 Å². The van der Waals surface area contributed by atoms with Gasteiger partial charge in [-0.05, 0) is 42.3 Å². The minimum Gasteiger partial charge on any atom is -0.348 e. The van der Waals surface area contributed by atoms with Gasteiger partial charge in [0.15, 0.2) is 0 Å². The molecule has 1 N–H and O–H groups in total. The molecule has 0 radical (unpaired) electrons. The number of fused-ring (bicyclic) bond motifs is 1. The van der Waals surface area contributed by atoms with Gasteiger partial charge in [0.1, 0.15) is 0 Å². The molecule has 5 nitrogen and oxygen atoms in total. The molecule has 30 heavy (non-hydrogen) atoms. The Morgan fingerprint density at radius 1 is 1.00 bits per heavy atom. The van der Waals surface area contributed by atoms with Gasteiger partial charge < -0.3 is 10.2 Å². The monoisotopic (exact) mass is 421 g/mol. The van der Waals surface area contributed by atoms with Crippen LogP contribution in [0.1, 0.15) is 33.1 Å². The van der Waals surface area contributed by atoms with Crippen molar-refractivity contribution in [2.75, 3.05) is 32.7 Å². The Bertz CT molecular complexity index is 1050. The number of thiophene rings is 1. The molecule has 1 unspecified atom stereocenters. The van der Waals surface area contributed by atoms with Gasteiger partial charge in [0.25, 0.3) is 5.91 Å². The van der Waals surface area contributed by atoms with Crippen LogP contribution in [0.15, 0.2) is 54.6 Å². The second-order valence-corrected chi connectivity index (χ2v) is 9.12. The molecule has 2 aromatic carbocycles. The first-order valence-electron chi connectivity index (χ1n) is 10.4. The average molecular weight is 422 g/mol. The summed E-state index contributed by atoms with van der Waals surface area (Å²) >= 11 is 1.54. The van der Waals surface area contributed by atoms with Crippen molar-refractivity contribution in [2.24, 2.45) is 0 Å². The van der Waals surface area contributed by atoms with Gasteiger partial charge in [0.2, 0.25) is 5.91 Å². The first-order valence-corrected chi connectivity index (χ1v) is 11.2. The highest BCUT2D eigenvalue weighted by Crippen LogP contribution is 2.24. The van der Waals surface area contributed by atoms with E-state index in [2.05, 4.69) is 34.5 Å². The minimum atomic E-state index is -0.0615. The van der Waals surface area contributed by atoms with E-state index in [1.165, 1.54) is 22.1 Å². The maximum Gasteiger partial charge on any atom is 0.264 e. The molecule has 1 aromatic heterocycles. The van der Waals surface area contributed by atoms with Crippen molar-refractivity contribution in [1.82, 2.24) is 15.1 Å². The van der Waals surface area contributed by atoms with E-state index in [0.29, 0.717) is 32.7 Å². The number of carbonyl (C=O) groups is 2. The van der Waals surface area contributed by atoms with Crippen LogP contribution in [0, 0.1) is 6.92 Å². The van der Waals surface area contributed by atoms with Gasteiger partial charge in [-0.2, -0.15) is 0 Å². The molecule has 0 aliphatic carbocycles. The molecule has 0 spiro atoms. The molecule has 0 saturated carbocycles. The number of benzene rings is 2. The third-order valence-corrected chi connectivity index (χ3v) is 6.63. The van der Waals surface area contributed by atoms with E-state index in [1.54, 1.807) is 0 Å². The molecule has 1 saturated heterocycles. The van der Waals surface area contributed by atoms with Gasteiger partial charge in [-0.15, -0.1) is 11.3 Å². The van der Waals surface area contributed by atoms with E-state index in [9.17, 15) is 9.59 Å². The predicted molar refractivity (Wildman–Crippen MR) is 122 cm³/mol. The molecule has 1 aliphatic rings. The zero-order valence-electron chi connectivity index (χ0n) is 17.4. The molecule has 6 heteroatoms. The lowest BCUT2D eigenvalue weighted by molar-refractivity contribution is -0.123. The SMILES string of the molecule is Cc1ccc(C(=O)N2CCN(CC(=O)NC(C)c3cccc4ccccc34)CC2)s1. The summed E-state index contributed by atoms with van der Waals surface area (Å²) in [6, 6.07) is 18.3. The van der Waals surface area contributed by atoms with Crippen LogP contribution in [-0.4, -0.2) is 54.3 Å². The fourth-order valence-corrected chi connectivity index (χ4v) is 4.85. The minimum absolute atomic E-state index is 0.0177. The van der Waals surface area contributed by atoms with Crippen molar-refractivity contribution in [3.05, 3.63) is 69.9 Å². The third kappa shape index (κ3) is 4.55. The number of aryl methyl sites for hydroxylation is 1. The van der Waals surface area contributed by atoms with Gasteiger partial charge in [-0.3, -0.25) is 14.5 Å². The number of hydrogen-bond acceptors (Lipinski definition) is 4. The number of hydrogen-bond donors (Lipinski definition) is 1. The van der Waals surface area contributed by atoms with Crippen LogP contribution in [-0.2, 0) is 4.79 Å². The van der Waals surface area contributed by atoms with Crippen molar-refractivity contribution in [3.63, 3.8) is 0 Å². The number of piperazine rings is 1. The molecular formula is C24H27N3O2S. The molecular weight excluding hydrogens is 394 g/mol. The van der Waals surface area contributed by atoms with Crippen LogP contribution in [0.2, 0.25) is 0 Å². The summed E-state index contributed by atoms with van der Waals surface area (Å²) in [5.41, 5.74) is 1.13. The zero-order valence-corrected chi connectivity index (χ0v) is 18.2. The maximum atomic E-state index is 12.6. The highest BCUT2D eigenvalue weighted by molar-refractivity contribution is 7.13. The van der Waals surface area contributed by atoms with Crippen molar-refractivity contribution in [3.8, 4) is 0 Å². The maximum absolute atomic E-state index is 12.6. The largest absolute Gasteiger partial charge is 0.348 e. The summed E-state index contributed by atoms with van der Waals surface area (Å²) in [5.74, 6) is 0.117. The first-order chi connectivity index (χ1) is 14.5. The van der Waals surface area contributed by atoms with E-state index in [4.69, 9.17) is 0 Å². The Labute approximate surface area is 181 Å². The fraction of sp³-hybridized carbons (Fsp3) is 0.333. The Hall–Kier alpha value is -2.70. The van der Waals surface area contributed by atoms with E-state index >= 15 is 0 Å². The van der Waals surface area contributed by atoms with E-state index in [1.807, 2.05) is 49.1 Å². The summed E-state index contributed by atoms with van der Waals surface area (Å²) in [7, 11) is 0. The molecule has 1 fully saturated rings. The van der Waals surface area contributed by atoms with E-state index < -0.39 is 0 Å². The number of rotatable bonds is 5. The molecule has 156 valence electrons. The highest BCUT2D eigenvalue weighted by Gasteiger charge is 2.24. The van der Waals surface area contributed by atoms with Crippen molar-refractivity contribution in [2.45, 2.75) is 19.9 Å². The van der Waals surface area contributed by atoms with Crippen LogP contribution >= 0.6 is 11.3 Å². The normalized spacial score (nSPS) is 15.9. The molecule has 2 amide bonds. The molecule has 1 atom stereocenters. The third-order valence-electron chi connectivity index (χ3n) is 5.65. The molecule has 3 aromatic rings. The van der Waals surface area contributed by atoms with Gasteiger partial charge in [-0.1, -0.05) is 42.5 Å². The molecule has 0 bridgehead atoms. The Morgan fingerprint density at radius 2 is 1.73 bits per heavy atom. The van der Waals surface area contributed by atoms with Gasteiger partial charge in [0, 0.05) is 31.1 Å². The number of nitrogens with zero attached hydrogens (tertiary/aromatic N) is 2. The second-order valence-electron chi connectivity index (χ2n) is 7.84. The van der Waals surface area contributed by atoms with Gasteiger partial charge >= 0.3 is 0 Å². The number of nitrogens with one attached hydrogen (secondary N) is 1. The predicted octanol–water partition coefficient (Wildman–Crippen LogP) is 3.84. The lowest BCUT2D eigenvalue weighted by atomic mass is 10.00. The summed E-state index contributed by atoms with van der Waals surface area (Å²) in [6.45, 7) is 7.13. The lowest BCUT2D eigenvalue weighted by Crippen LogP contribution is -2.51. The van der Waals surface area contributed by atoms with Gasteiger partial charge in [-0.25, -0.2) is 0 Å². The highest BCUT2D eigenvalue weighted by atomic mass is 32.1. The average Bonchev–Trinajstić information content (AvgIpc) is 3.19. The van der Waals surface area contributed by atoms with E-state index in [-0.39, 0.29) is 17.9 Å². The first kappa shape index (κ1) is 20.6. The molecule has 1 aliphatic heterocycles. The zero-order chi connectivity index (χ0) is 21.1. The Kier molecular flexibility index (Phi) is 6.16. The smallest absolute Gasteiger partial charge is 0.264 e. The number of carbonyl (C=O) groups excluding carboxylic acids is 2. The summed E-state index contributed by atoms with van der Waals surface area (Å²) < 4.78 is 0. The van der Waals surface area contributed by atoms with Crippen molar-refractivity contribution in [1.29, 1.82) is 0 Å². The van der Waals surface area contributed by atoms with Gasteiger partial charge in [0.05, 0.1) is 17.5 Å². The Balaban J connectivity index is 1.30. The molecule has 2 heterocycles. The van der Waals surface area contributed by atoms with Crippen LogP contribution in [0.4, 0.5) is 0 Å². The topological polar surface area (TPSA) is 52.7 Å².